The van der Waals surface area contributed by atoms with Crippen LogP contribution in [0.5, 0.6) is 0 Å². The summed E-state index contributed by atoms with van der Waals surface area (Å²) in [5.74, 6) is 3.23. The fraction of sp³-hybridized carbons (Fsp3) is 0.800. The molecule has 88 valence electrons. The molecule has 1 heteroatoms. The van der Waals surface area contributed by atoms with E-state index in [1.807, 2.05) is 0 Å². The van der Waals surface area contributed by atoms with Crippen molar-refractivity contribution >= 4 is 5.78 Å². The number of fused-ring (bicyclic) bond motifs is 5. The maximum absolute atomic E-state index is 12.3. The molecule has 4 unspecified atom stereocenters. The fourth-order valence-electron chi connectivity index (χ4n) is 4.27. The Labute approximate surface area is 98.3 Å². The molecule has 0 heterocycles. The Bertz CT molecular complexity index is 328. The third-order valence-electron chi connectivity index (χ3n) is 5.04. The minimum atomic E-state index is 0.426. The summed E-state index contributed by atoms with van der Waals surface area (Å²) < 4.78 is 0. The van der Waals surface area contributed by atoms with Gasteiger partial charge >= 0.3 is 0 Å². The highest BCUT2D eigenvalue weighted by Crippen LogP contribution is 2.56. The maximum atomic E-state index is 12.3. The Morgan fingerprint density at radius 1 is 1.25 bits per heavy atom. The normalized spacial score (nSPS) is 40.3. The van der Waals surface area contributed by atoms with Crippen molar-refractivity contribution in [2.75, 3.05) is 0 Å². The van der Waals surface area contributed by atoms with Gasteiger partial charge in [-0.2, -0.15) is 0 Å². The van der Waals surface area contributed by atoms with Gasteiger partial charge < -0.3 is 0 Å². The molecule has 3 rings (SSSR count). The van der Waals surface area contributed by atoms with Crippen LogP contribution < -0.4 is 0 Å². The Hall–Kier alpha value is -0.590. The van der Waals surface area contributed by atoms with Crippen LogP contribution in [0.25, 0.3) is 0 Å². The monoisotopic (exact) mass is 218 g/mol. The molecule has 2 saturated carbocycles. The average molecular weight is 218 g/mol. The lowest BCUT2D eigenvalue weighted by Crippen LogP contribution is -2.23. The van der Waals surface area contributed by atoms with E-state index in [1.165, 1.54) is 44.1 Å². The molecule has 0 aromatic rings. The summed E-state index contributed by atoms with van der Waals surface area (Å²) in [6.07, 6.45) is 11.2. The topological polar surface area (TPSA) is 17.1 Å². The average Bonchev–Trinajstić information content (AvgIpc) is 2.93. The van der Waals surface area contributed by atoms with Crippen molar-refractivity contribution in [3.63, 3.8) is 0 Å². The number of Topliss-reactive ketones (excluding diaryl/α,β-unsaturated/α-hetero) is 1. The van der Waals surface area contributed by atoms with Crippen LogP contribution >= 0.6 is 0 Å². The molecule has 0 N–H and O–H groups in total. The molecule has 0 aromatic carbocycles. The van der Waals surface area contributed by atoms with Crippen LogP contribution in [-0.4, -0.2) is 5.78 Å². The molecule has 0 aromatic heterocycles. The summed E-state index contributed by atoms with van der Waals surface area (Å²) in [7, 11) is 0. The number of carbonyl (C=O) groups excluding carboxylic acids is 1. The van der Waals surface area contributed by atoms with Crippen LogP contribution in [0.1, 0.15) is 51.9 Å². The third kappa shape index (κ3) is 1.48. The molecule has 0 saturated heterocycles. The van der Waals surface area contributed by atoms with Crippen molar-refractivity contribution in [2.45, 2.75) is 51.9 Å². The quantitative estimate of drug-likeness (QED) is 0.657. The molecule has 0 spiro atoms. The van der Waals surface area contributed by atoms with Gasteiger partial charge in [-0.15, -0.1) is 0 Å². The van der Waals surface area contributed by atoms with Crippen molar-refractivity contribution in [3.8, 4) is 0 Å². The molecule has 2 bridgehead atoms. The van der Waals surface area contributed by atoms with Crippen LogP contribution in [0.4, 0.5) is 0 Å². The van der Waals surface area contributed by atoms with Gasteiger partial charge in [0.15, 0.2) is 5.78 Å². The van der Waals surface area contributed by atoms with Crippen LogP contribution in [-0.2, 0) is 4.79 Å². The van der Waals surface area contributed by atoms with Gasteiger partial charge in [0.05, 0.1) is 0 Å². The fourth-order valence-corrected chi connectivity index (χ4v) is 4.27. The van der Waals surface area contributed by atoms with E-state index in [0.29, 0.717) is 17.6 Å². The molecule has 3 aliphatic rings. The lowest BCUT2D eigenvalue weighted by atomic mass is 9.81. The van der Waals surface area contributed by atoms with E-state index in [2.05, 4.69) is 13.0 Å². The van der Waals surface area contributed by atoms with Crippen molar-refractivity contribution in [1.82, 2.24) is 0 Å². The molecule has 0 aliphatic heterocycles. The van der Waals surface area contributed by atoms with E-state index in [1.54, 1.807) is 0 Å². The van der Waals surface area contributed by atoms with Gasteiger partial charge in [0.1, 0.15) is 0 Å². The molecular weight excluding hydrogens is 196 g/mol. The molecule has 3 aliphatic carbocycles. The van der Waals surface area contributed by atoms with E-state index in [4.69, 9.17) is 0 Å². The smallest absolute Gasteiger partial charge is 0.162 e. The summed E-state index contributed by atoms with van der Waals surface area (Å²) >= 11 is 0. The molecule has 2 fully saturated rings. The molecule has 16 heavy (non-hydrogen) atoms. The van der Waals surface area contributed by atoms with E-state index < -0.39 is 0 Å². The zero-order valence-corrected chi connectivity index (χ0v) is 10.2. The van der Waals surface area contributed by atoms with Crippen LogP contribution in [0, 0.1) is 23.7 Å². The first-order valence-corrected chi connectivity index (χ1v) is 7.06. The first kappa shape index (κ1) is 10.6. The summed E-state index contributed by atoms with van der Waals surface area (Å²) in [4.78, 5) is 12.3. The van der Waals surface area contributed by atoms with Crippen LogP contribution in [0.15, 0.2) is 11.6 Å². The lowest BCUT2D eigenvalue weighted by molar-refractivity contribution is -0.120. The highest BCUT2D eigenvalue weighted by molar-refractivity contribution is 6.00. The number of unbranched alkanes of at least 4 members (excludes halogenated alkanes) is 2. The van der Waals surface area contributed by atoms with Crippen LogP contribution in [0.2, 0.25) is 0 Å². The van der Waals surface area contributed by atoms with Crippen LogP contribution in [0.3, 0.4) is 0 Å². The van der Waals surface area contributed by atoms with E-state index in [9.17, 15) is 4.79 Å². The zero-order valence-electron chi connectivity index (χ0n) is 10.2. The standard InChI is InChI=1S/C15H22O/c1-2-3-4-5-12-9-13-10-6-7-11(8-10)14(13)15(12)16/h9-11,13-14H,2-8H2,1H3. The number of ketones is 1. The van der Waals surface area contributed by atoms with Gasteiger partial charge in [0.2, 0.25) is 0 Å². The highest BCUT2D eigenvalue weighted by atomic mass is 16.1. The number of rotatable bonds is 4. The van der Waals surface area contributed by atoms with Gasteiger partial charge in [0, 0.05) is 5.92 Å². The van der Waals surface area contributed by atoms with Crippen molar-refractivity contribution in [1.29, 1.82) is 0 Å². The molecule has 0 amide bonds. The second-order valence-corrected chi connectivity index (χ2v) is 5.95. The van der Waals surface area contributed by atoms with Crippen molar-refractivity contribution < 1.29 is 4.79 Å². The predicted molar refractivity (Wildman–Crippen MR) is 65.0 cm³/mol. The highest BCUT2D eigenvalue weighted by Gasteiger charge is 2.52. The Kier molecular flexibility index (Phi) is 2.65. The van der Waals surface area contributed by atoms with E-state index in [-0.39, 0.29) is 0 Å². The number of hydrogen-bond donors (Lipinski definition) is 0. The van der Waals surface area contributed by atoms with Gasteiger partial charge in [-0.1, -0.05) is 25.8 Å². The second-order valence-electron chi connectivity index (χ2n) is 5.95. The zero-order chi connectivity index (χ0) is 11.1. The van der Waals surface area contributed by atoms with Gasteiger partial charge in [0.25, 0.3) is 0 Å². The summed E-state index contributed by atoms with van der Waals surface area (Å²) in [5, 5.41) is 0. The number of hydrogen-bond acceptors (Lipinski definition) is 1. The Balaban J connectivity index is 1.68. The number of allylic oxidation sites excluding steroid dienone is 2. The SMILES string of the molecule is CCCCCC1=CC2C3CCC(C3)C2C1=O. The summed E-state index contributed by atoms with van der Waals surface area (Å²) in [6.45, 7) is 2.22. The van der Waals surface area contributed by atoms with Gasteiger partial charge in [-0.25, -0.2) is 0 Å². The third-order valence-corrected chi connectivity index (χ3v) is 5.04. The minimum absolute atomic E-state index is 0.426. The number of carbonyl (C=O) groups is 1. The summed E-state index contributed by atoms with van der Waals surface area (Å²) in [5.41, 5.74) is 1.19. The Morgan fingerprint density at radius 3 is 2.81 bits per heavy atom. The van der Waals surface area contributed by atoms with Crippen molar-refractivity contribution in [3.05, 3.63) is 11.6 Å². The van der Waals surface area contributed by atoms with Gasteiger partial charge in [-0.05, 0) is 55.4 Å². The van der Waals surface area contributed by atoms with Gasteiger partial charge in [-0.3, -0.25) is 4.79 Å². The Morgan fingerprint density at radius 2 is 2.06 bits per heavy atom. The van der Waals surface area contributed by atoms with E-state index >= 15 is 0 Å². The van der Waals surface area contributed by atoms with E-state index in [0.717, 1.165) is 18.3 Å². The maximum Gasteiger partial charge on any atom is 0.162 e. The molecular formula is C15H22O. The second kappa shape index (κ2) is 4.01. The summed E-state index contributed by atoms with van der Waals surface area (Å²) in [6, 6.07) is 0. The van der Waals surface area contributed by atoms with Crippen molar-refractivity contribution in [2.24, 2.45) is 23.7 Å². The minimum Gasteiger partial charge on any atom is -0.294 e. The first-order valence-electron chi connectivity index (χ1n) is 7.06. The first-order chi connectivity index (χ1) is 7.81. The predicted octanol–water partition coefficient (Wildman–Crippen LogP) is 3.74. The molecule has 4 atom stereocenters. The largest absolute Gasteiger partial charge is 0.294 e. The molecule has 0 radical (unpaired) electrons. The molecule has 1 nitrogen and oxygen atoms in total. The lowest BCUT2D eigenvalue weighted by Gasteiger charge is -2.22.